The first kappa shape index (κ1) is 17.4. The van der Waals surface area contributed by atoms with Crippen molar-refractivity contribution in [2.75, 3.05) is 4.90 Å². The van der Waals surface area contributed by atoms with Gasteiger partial charge >= 0.3 is 0 Å². The van der Waals surface area contributed by atoms with Crippen molar-refractivity contribution in [2.45, 2.75) is 13.8 Å². The summed E-state index contributed by atoms with van der Waals surface area (Å²) in [5.41, 5.74) is 2.45. The van der Waals surface area contributed by atoms with Gasteiger partial charge in [0.1, 0.15) is 0 Å². The van der Waals surface area contributed by atoms with Crippen molar-refractivity contribution in [3.8, 4) is 0 Å². The number of rotatable bonds is 4. The Kier molecular flexibility index (Phi) is 5.31. The SMILES string of the molecule is C/C=C/C=C/C(=O)N(c1nc2ccccc2s1)c1cccc(Cl)c1C. The molecule has 0 radical (unpaired) electrons. The summed E-state index contributed by atoms with van der Waals surface area (Å²) in [7, 11) is 0. The Hall–Kier alpha value is -2.43. The zero-order chi connectivity index (χ0) is 17.8. The third-order valence-corrected chi connectivity index (χ3v) is 5.15. The van der Waals surface area contributed by atoms with E-state index in [4.69, 9.17) is 11.6 Å². The normalized spacial score (nSPS) is 11.6. The number of carbonyl (C=O) groups excluding carboxylic acids is 1. The van der Waals surface area contributed by atoms with Gasteiger partial charge < -0.3 is 0 Å². The van der Waals surface area contributed by atoms with E-state index < -0.39 is 0 Å². The maximum Gasteiger partial charge on any atom is 0.257 e. The molecule has 1 amide bonds. The third-order valence-electron chi connectivity index (χ3n) is 3.72. The van der Waals surface area contributed by atoms with Crippen molar-refractivity contribution in [2.24, 2.45) is 0 Å². The second kappa shape index (κ2) is 7.64. The number of allylic oxidation sites excluding steroid dienone is 3. The number of fused-ring (bicyclic) bond motifs is 1. The summed E-state index contributed by atoms with van der Waals surface area (Å²) < 4.78 is 1.03. The lowest BCUT2D eigenvalue weighted by atomic mass is 10.2. The topological polar surface area (TPSA) is 33.2 Å². The number of hydrogen-bond acceptors (Lipinski definition) is 3. The summed E-state index contributed by atoms with van der Waals surface area (Å²) in [4.78, 5) is 19.1. The maximum absolute atomic E-state index is 12.9. The zero-order valence-electron chi connectivity index (χ0n) is 13.9. The molecule has 0 spiro atoms. The van der Waals surface area contributed by atoms with Crippen molar-refractivity contribution in [3.63, 3.8) is 0 Å². The Balaban J connectivity index is 2.14. The van der Waals surface area contributed by atoms with Crippen molar-refractivity contribution in [1.82, 2.24) is 4.98 Å². The van der Waals surface area contributed by atoms with Crippen LogP contribution in [-0.2, 0) is 4.79 Å². The minimum atomic E-state index is -0.164. The number of aromatic nitrogens is 1. The molecule has 1 aromatic heterocycles. The molecule has 1 heterocycles. The maximum atomic E-state index is 12.9. The number of carbonyl (C=O) groups is 1. The largest absolute Gasteiger partial charge is 0.269 e. The lowest BCUT2D eigenvalue weighted by molar-refractivity contribution is -0.113. The minimum absolute atomic E-state index is 0.164. The molecule has 0 atom stereocenters. The van der Waals surface area contributed by atoms with E-state index in [0.29, 0.717) is 10.2 Å². The molecule has 5 heteroatoms. The summed E-state index contributed by atoms with van der Waals surface area (Å²) >= 11 is 7.75. The molecule has 0 aliphatic carbocycles. The van der Waals surface area contributed by atoms with Gasteiger partial charge in [-0.3, -0.25) is 9.69 Å². The average molecular weight is 369 g/mol. The van der Waals surface area contributed by atoms with E-state index in [1.54, 1.807) is 11.0 Å². The van der Waals surface area contributed by atoms with Gasteiger partial charge in [-0.05, 0) is 43.7 Å². The number of para-hydroxylation sites is 1. The quantitative estimate of drug-likeness (QED) is 0.414. The van der Waals surface area contributed by atoms with Crippen molar-refractivity contribution >= 4 is 49.9 Å². The highest BCUT2D eigenvalue weighted by Gasteiger charge is 2.22. The van der Waals surface area contributed by atoms with Crippen LogP contribution in [0.5, 0.6) is 0 Å². The molecule has 0 bridgehead atoms. The van der Waals surface area contributed by atoms with Gasteiger partial charge in [-0.25, -0.2) is 4.98 Å². The molecule has 3 rings (SSSR count). The first-order valence-electron chi connectivity index (χ1n) is 7.86. The molecule has 126 valence electrons. The van der Waals surface area contributed by atoms with Crippen molar-refractivity contribution in [1.29, 1.82) is 0 Å². The highest BCUT2D eigenvalue weighted by Crippen LogP contribution is 2.36. The highest BCUT2D eigenvalue weighted by molar-refractivity contribution is 7.22. The summed E-state index contributed by atoms with van der Waals surface area (Å²) in [5.74, 6) is -0.164. The van der Waals surface area contributed by atoms with Gasteiger partial charge in [0.15, 0.2) is 5.13 Å². The van der Waals surface area contributed by atoms with E-state index in [1.807, 2.05) is 68.5 Å². The van der Waals surface area contributed by atoms with Crippen LogP contribution in [0, 0.1) is 6.92 Å². The predicted octanol–water partition coefficient (Wildman–Crippen LogP) is 6.06. The Bertz CT molecular complexity index is 942. The number of anilines is 2. The van der Waals surface area contributed by atoms with Crippen LogP contribution in [-0.4, -0.2) is 10.9 Å². The molecule has 3 nitrogen and oxygen atoms in total. The molecule has 3 aromatic rings. The smallest absolute Gasteiger partial charge is 0.257 e. The molecule has 2 aromatic carbocycles. The number of nitrogens with zero attached hydrogens (tertiary/aromatic N) is 2. The fourth-order valence-electron chi connectivity index (χ4n) is 2.43. The van der Waals surface area contributed by atoms with E-state index in [1.165, 1.54) is 17.4 Å². The van der Waals surface area contributed by atoms with Crippen LogP contribution in [0.3, 0.4) is 0 Å². The molecule has 0 fully saturated rings. The Morgan fingerprint density at radius 2 is 1.96 bits per heavy atom. The van der Waals surface area contributed by atoms with Crippen LogP contribution in [0.1, 0.15) is 12.5 Å². The van der Waals surface area contributed by atoms with E-state index in [0.717, 1.165) is 21.5 Å². The van der Waals surface area contributed by atoms with Crippen LogP contribution in [0.25, 0.3) is 10.2 Å². The van der Waals surface area contributed by atoms with Gasteiger partial charge in [-0.15, -0.1) is 0 Å². The predicted molar refractivity (Wildman–Crippen MR) is 107 cm³/mol. The Morgan fingerprint density at radius 1 is 1.16 bits per heavy atom. The van der Waals surface area contributed by atoms with Crippen molar-refractivity contribution in [3.05, 3.63) is 77.4 Å². The Labute approximate surface area is 155 Å². The van der Waals surface area contributed by atoms with Crippen LogP contribution in [0.4, 0.5) is 10.8 Å². The lowest BCUT2D eigenvalue weighted by Crippen LogP contribution is -2.24. The minimum Gasteiger partial charge on any atom is -0.269 e. The van der Waals surface area contributed by atoms with E-state index in [-0.39, 0.29) is 5.91 Å². The average Bonchev–Trinajstić information content (AvgIpc) is 3.02. The summed E-state index contributed by atoms with van der Waals surface area (Å²) in [5, 5.41) is 1.25. The van der Waals surface area contributed by atoms with Crippen LogP contribution >= 0.6 is 22.9 Å². The number of benzene rings is 2. The molecule has 0 saturated heterocycles. The standard InChI is InChI=1S/C20H17ClN2OS/c1-3-4-5-13-19(24)23(17-11-8-9-15(21)14(17)2)20-22-16-10-6-7-12-18(16)25-20/h3-13H,1-2H3/b4-3+,13-5+. The van der Waals surface area contributed by atoms with Gasteiger partial charge in [0.05, 0.1) is 15.9 Å². The molecule has 0 unspecified atom stereocenters. The van der Waals surface area contributed by atoms with Gasteiger partial charge in [-0.2, -0.15) is 0 Å². The zero-order valence-corrected chi connectivity index (χ0v) is 15.5. The fourth-order valence-corrected chi connectivity index (χ4v) is 3.59. The molecular formula is C20H17ClN2OS. The molecule has 25 heavy (non-hydrogen) atoms. The van der Waals surface area contributed by atoms with Gasteiger partial charge in [0.2, 0.25) is 0 Å². The molecule has 0 aliphatic heterocycles. The molecular weight excluding hydrogens is 352 g/mol. The summed E-state index contributed by atoms with van der Waals surface area (Å²) in [6.45, 7) is 3.81. The van der Waals surface area contributed by atoms with Gasteiger partial charge in [-0.1, -0.05) is 59.4 Å². The molecule has 0 N–H and O–H groups in total. The second-order valence-corrected chi connectivity index (χ2v) is 6.82. The summed E-state index contributed by atoms with van der Waals surface area (Å²) in [6, 6.07) is 13.4. The van der Waals surface area contributed by atoms with Crippen LogP contribution in [0.15, 0.2) is 66.8 Å². The summed E-state index contributed by atoms with van der Waals surface area (Å²) in [6.07, 6.45) is 6.95. The van der Waals surface area contributed by atoms with Crippen molar-refractivity contribution < 1.29 is 4.79 Å². The van der Waals surface area contributed by atoms with Gasteiger partial charge in [0.25, 0.3) is 5.91 Å². The van der Waals surface area contributed by atoms with Crippen LogP contribution in [0.2, 0.25) is 5.02 Å². The van der Waals surface area contributed by atoms with E-state index >= 15 is 0 Å². The molecule has 0 saturated carbocycles. The first-order valence-corrected chi connectivity index (χ1v) is 9.05. The lowest BCUT2D eigenvalue weighted by Gasteiger charge is -2.21. The number of hydrogen-bond donors (Lipinski definition) is 0. The number of thiazole rings is 1. The second-order valence-electron chi connectivity index (χ2n) is 5.41. The first-order chi connectivity index (χ1) is 12.1. The van der Waals surface area contributed by atoms with E-state index in [9.17, 15) is 4.79 Å². The monoisotopic (exact) mass is 368 g/mol. The number of amides is 1. The Morgan fingerprint density at radius 3 is 2.72 bits per heavy atom. The van der Waals surface area contributed by atoms with Crippen LogP contribution < -0.4 is 4.90 Å². The fraction of sp³-hybridized carbons (Fsp3) is 0.100. The molecule has 0 aliphatic rings. The van der Waals surface area contributed by atoms with E-state index in [2.05, 4.69) is 4.98 Å². The third kappa shape index (κ3) is 3.65. The number of halogens is 1. The highest BCUT2D eigenvalue weighted by atomic mass is 35.5. The van der Waals surface area contributed by atoms with Gasteiger partial charge in [0, 0.05) is 11.1 Å².